The second-order valence-electron chi connectivity index (χ2n) is 5.20. The summed E-state index contributed by atoms with van der Waals surface area (Å²) in [6.07, 6.45) is 0.812. The lowest BCUT2D eigenvalue weighted by Crippen LogP contribution is -2.45. The summed E-state index contributed by atoms with van der Waals surface area (Å²) in [5.74, 6) is -0.811. The van der Waals surface area contributed by atoms with Crippen LogP contribution in [0.5, 0.6) is 0 Å². The van der Waals surface area contributed by atoms with Gasteiger partial charge in [0, 0.05) is 32.7 Å². The predicted octanol–water partition coefficient (Wildman–Crippen LogP) is -1.67. The Hall–Kier alpha value is -1.18. The number of carbonyl (C=O) groups excluding carboxylic acids is 1. The highest BCUT2D eigenvalue weighted by atomic mass is 16.4. The molecule has 19 heavy (non-hydrogen) atoms. The number of rotatable bonds is 3. The van der Waals surface area contributed by atoms with Crippen molar-refractivity contribution < 1.29 is 19.8 Å². The minimum Gasteiger partial charge on any atom is -0.480 e. The lowest BCUT2D eigenvalue weighted by Gasteiger charge is -2.24. The van der Waals surface area contributed by atoms with Gasteiger partial charge in [0.15, 0.2) is 0 Å². The maximum absolute atomic E-state index is 12.2. The molecule has 0 aliphatic carbocycles. The highest BCUT2D eigenvalue weighted by Crippen LogP contribution is 2.12. The van der Waals surface area contributed by atoms with Gasteiger partial charge < -0.3 is 20.4 Å². The number of amides is 1. The first-order valence-electron chi connectivity index (χ1n) is 6.70. The van der Waals surface area contributed by atoms with Crippen molar-refractivity contribution in [2.45, 2.75) is 25.0 Å². The van der Waals surface area contributed by atoms with E-state index in [0.717, 1.165) is 6.42 Å². The normalized spacial score (nSPS) is 29.2. The summed E-state index contributed by atoms with van der Waals surface area (Å²) in [7, 11) is 0. The molecule has 0 aromatic heterocycles. The third-order valence-corrected chi connectivity index (χ3v) is 3.66. The fourth-order valence-electron chi connectivity index (χ4n) is 2.67. The van der Waals surface area contributed by atoms with Gasteiger partial charge in [0.2, 0.25) is 5.91 Å². The van der Waals surface area contributed by atoms with Crippen molar-refractivity contribution in [2.75, 3.05) is 39.3 Å². The molecule has 0 aromatic rings. The van der Waals surface area contributed by atoms with Crippen LogP contribution in [0.4, 0.5) is 0 Å². The van der Waals surface area contributed by atoms with Gasteiger partial charge in [0.25, 0.3) is 0 Å². The molecule has 3 N–H and O–H groups in total. The van der Waals surface area contributed by atoms with Crippen molar-refractivity contribution in [1.82, 2.24) is 15.1 Å². The first-order chi connectivity index (χ1) is 9.06. The molecule has 0 spiro atoms. The highest BCUT2D eigenvalue weighted by Gasteiger charge is 2.32. The standard InChI is InChI=1S/C12H21N3O4/c16-9-6-10(13-7-9)12(19)15-3-1-2-14(4-5-15)8-11(17)18/h9-10,13,16H,1-8H2,(H,17,18). The van der Waals surface area contributed by atoms with E-state index >= 15 is 0 Å². The first kappa shape index (κ1) is 14.2. The minimum atomic E-state index is -0.833. The zero-order valence-corrected chi connectivity index (χ0v) is 10.9. The van der Waals surface area contributed by atoms with Crippen molar-refractivity contribution in [3.63, 3.8) is 0 Å². The number of aliphatic hydroxyl groups excluding tert-OH is 1. The van der Waals surface area contributed by atoms with Gasteiger partial charge in [-0.1, -0.05) is 0 Å². The minimum absolute atomic E-state index is 0.0220. The van der Waals surface area contributed by atoms with Gasteiger partial charge in [-0.05, 0) is 12.8 Å². The number of nitrogens with zero attached hydrogens (tertiary/aromatic N) is 2. The second-order valence-corrected chi connectivity index (χ2v) is 5.20. The molecule has 7 nitrogen and oxygen atoms in total. The predicted molar refractivity (Wildman–Crippen MR) is 67.7 cm³/mol. The Bertz CT molecular complexity index is 350. The van der Waals surface area contributed by atoms with Gasteiger partial charge in [0.05, 0.1) is 18.7 Å². The van der Waals surface area contributed by atoms with Crippen LogP contribution in [0.2, 0.25) is 0 Å². The van der Waals surface area contributed by atoms with Gasteiger partial charge in [-0.25, -0.2) is 0 Å². The van der Waals surface area contributed by atoms with Crippen molar-refractivity contribution >= 4 is 11.9 Å². The molecule has 2 heterocycles. The Morgan fingerprint density at radius 2 is 2.00 bits per heavy atom. The molecule has 2 atom stereocenters. The van der Waals surface area contributed by atoms with Crippen LogP contribution < -0.4 is 5.32 Å². The summed E-state index contributed by atoms with van der Waals surface area (Å²) in [6, 6.07) is -0.291. The van der Waals surface area contributed by atoms with Crippen LogP contribution in [0.3, 0.4) is 0 Å². The van der Waals surface area contributed by atoms with E-state index in [9.17, 15) is 14.7 Å². The van der Waals surface area contributed by atoms with Crippen molar-refractivity contribution in [2.24, 2.45) is 0 Å². The molecule has 2 rings (SSSR count). The Morgan fingerprint density at radius 1 is 1.21 bits per heavy atom. The average molecular weight is 271 g/mol. The number of carboxylic acid groups (broad SMARTS) is 1. The van der Waals surface area contributed by atoms with Gasteiger partial charge in [-0.3, -0.25) is 14.5 Å². The number of hydrogen-bond acceptors (Lipinski definition) is 5. The molecular weight excluding hydrogens is 250 g/mol. The molecule has 108 valence electrons. The van der Waals surface area contributed by atoms with Crippen molar-refractivity contribution in [1.29, 1.82) is 0 Å². The van der Waals surface area contributed by atoms with E-state index in [0.29, 0.717) is 39.1 Å². The van der Waals surface area contributed by atoms with Crippen LogP contribution in [0.1, 0.15) is 12.8 Å². The summed E-state index contributed by atoms with van der Waals surface area (Å²) in [4.78, 5) is 26.6. The smallest absolute Gasteiger partial charge is 0.317 e. The van der Waals surface area contributed by atoms with E-state index in [1.54, 1.807) is 4.90 Å². The lowest BCUT2D eigenvalue weighted by molar-refractivity contribution is -0.138. The van der Waals surface area contributed by atoms with Crippen molar-refractivity contribution in [3.8, 4) is 0 Å². The van der Waals surface area contributed by atoms with Crippen molar-refractivity contribution in [3.05, 3.63) is 0 Å². The molecule has 2 fully saturated rings. The largest absolute Gasteiger partial charge is 0.480 e. The van der Waals surface area contributed by atoms with E-state index in [2.05, 4.69) is 5.32 Å². The fourth-order valence-corrected chi connectivity index (χ4v) is 2.67. The molecule has 1 amide bonds. The molecule has 2 unspecified atom stereocenters. The lowest BCUT2D eigenvalue weighted by atomic mass is 10.2. The van der Waals surface area contributed by atoms with E-state index in [1.165, 1.54) is 0 Å². The molecule has 2 aliphatic rings. The molecular formula is C12H21N3O4. The van der Waals surface area contributed by atoms with Gasteiger partial charge in [-0.2, -0.15) is 0 Å². The highest BCUT2D eigenvalue weighted by molar-refractivity contribution is 5.82. The zero-order valence-electron chi connectivity index (χ0n) is 10.9. The van der Waals surface area contributed by atoms with E-state index in [1.807, 2.05) is 4.90 Å². The summed E-state index contributed by atoms with van der Waals surface area (Å²) in [5.41, 5.74) is 0. The van der Waals surface area contributed by atoms with Crippen LogP contribution >= 0.6 is 0 Å². The van der Waals surface area contributed by atoms with Gasteiger partial charge in [-0.15, -0.1) is 0 Å². The maximum atomic E-state index is 12.2. The molecule has 0 aromatic carbocycles. The van der Waals surface area contributed by atoms with Gasteiger partial charge >= 0.3 is 5.97 Å². The number of nitrogens with one attached hydrogen (secondary N) is 1. The Kier molecular flexibility index (Phi) is 4.73. The molecule has 7 heteroatoms. The fraction of sp³-hybridized carbons (Fsp3) is 0.833. The monoisotopic (exact) mass is 271 g/mol. The Labute approximate surface area is 112 Å². The number of β-amino-alcohol motifs (C(OH)–C–C–N with tert-alkyl or cyclic N) is 1. The van der Waals surface area contributed by atoms with Crippen LogP contribution in [0.15, 0.2) is 0 Å². The Balaban J connectivity index is 1.85. The summed E-state index contributed by atoms with van der Waals surface area (Å²) >= 11 is 0. The molecule has 0 saturated carbocycles. The Morgan fingerprint density at radius 3 is 2.63 bits per heavy atom. The summed E-state index contributed by atoms with van der Waals surface area (Å²) in [5, 5.41) is 21.2. The third kappa shape index (κ3) is 3.89. The first-order valence-corrected chi connectivity index (χ1v) is 6.70. The summed E-state index contributed by atoms with van der Waals surface area (Å²) < 4.78 is 0. The van der Waals surface area contributed by atoms with Crippen LogP contribution in [0.25, 0.3) is 0 Å². The van der Waals surface area contributed by atoms with Crippen LogP contribution in [0, 0.1) is 0 Å². The zero-order chi connectivity index (χ0) is 13.8. The number of aliphatic carboxylic acids is 1. The third-order valence-electron chi connectivity index (χ3n) is 3.66. The average Bonchev–Trinajstić information content (AvgIpc) is 2.65. The van der Waals surface area contributed by atoms with Crippen LogP contribution in [-0.4, -0.2) is 83.3 Å². The van der Waals surface area contributed by atoms with E-state index < -0.39 is 12.1 Å². The number of carbonyl (C=O) groups is 2. The molecule has 2 saturated heterocycles. The summed E-state index contributed by atoms with van der Waals surface area (Å²) in [6.45, 7) is 3.01. The van der Waals surface area contributed by atoms with Gasteiger partial charge in [0.1, 0.15) is 0 Å². The number of hydrogen-bond donors (Lipinski definition) is 3. The van der Waals surface area contributed by atoms with Crippen LogP contribution in [-0.2, 0) is 9.59 Å². The second kappa shape index (κ2) is 6.31. The maximum Gasteiger partial charge on any atom is 0.317 e. The SMILES string of the molecule is O=C(O)CN1CCCN(C(=O)C2CC(O)CN2)CC1. The quantitative estimate of drug-likeness (QED) is 0.568. The van der Waals surface area contributed by atoms with E-state index in [-0.39, 0.29) is 18.5 Å². The molecule has 2 aliphatic heterocycles. The number of aliphatic hydroxyl groups is 1. The number of carboxylic acids is 1. The van der Waals surface area contributed by atoms with E-state index in [4.69, 9.17) is 5.11 Å². The topological polar surface area (TPSA) is 93.1 Å². The molecule has 0 radical (unpaired) electrons. The molecule has 0 bridgehead atoms.